The molecule has 4 aliphatic heterocycles. The maximum Gasteiger partial charge on any atom is 0.248 e. The van der Waals surface area contributed by atoms with E-state index in [9.17, 15) is 9.59 Å². The molecule has 1 amide bonds. The van der Waals surface area contributed by atoms with Crippen molar-refractivity contribution in [2.24, 2.45) is 23.7 Å². The van der Waals surface area contributed by atoms with Crippen LogP contribution in [0.1, 0.15) is 67.9 Å². The standard InChI is InChI=1S/C33H37Cl2NO7/c1-19-7-13-25-20(2)30(40-31-33(25)24(19)15-16-32(3,41-31)42-43-33)36-28(38)18-39-17-21-8-10-22(11-9-21)27(37)14-12-23-5-4-6-26(34)29(23)35/h4-6,8-12,14,19-20,24-25,30-31H,7,13,15-18H2,1-3H3,(H,36,38)/b14-12+/t19-,20-,24+,25+,30-,31-,32-,33-/m1/s1. The van der Waals surface area contributed by atoms with Gasteiger partial charge in [-0.1, -0.05) is 73.4 Å². The summed E-state index contributed by atoms with van der Waals surface area (Å²) < 4.78 is 18.5. The fourth-order valence-electron chi connectivity index (χ4n) is 7.21. The molecule has 0 radical (unpaired) electrons. The SMILES string of the molecule is C[C@H]1[C@H](NC(=O)COCc2ccc(C(=O)/C=C/c3cccc(Cl)c3Cl)cc2)O[C@@H]2O[C@@]3(C)CC[C@H]4[C@H](C)CC[C@@H]1[C@@]24OO3. The molecule has 0 unspecified atom stereocenters. The molecule has 5 aliphatic rings. The minimum atomic E-state index is -0.865. The van der Waals surface area contributed by atoms with Gasteiger partial charge in [0, 0.05) is 23.8 Å². The van der Waals surface area contributed by atoms with E-state index in [1.165, 1.54) is 6.08 Å². The van der Waals surface area contributed by atoms with Crippen molar-refractivity contribution < 1.29 is 33.6 Å². The molecule has 1 spiro atoms. The summed E-state index contributed by atoms with van der Waals surface area (Å²) in [7, 11) is 0. The van der Waals surface area contributed by atoms with Crippen LogP contribution in [0.2, 0.25) is 10.0 Å². The van der Waals surface area contributed by atoms with Gasteiger partial charge < -0.3 is 19.5 Å². The van der Waals surface area contributed by atoms with Crippen molar-refractivity contribution in [2.45, 2.75) is 77.0 Å². The van der Waals surface area contributed by atoms with Gasteiger partial charge in [0.05, 0.1) is 16.7 Å². The first-order valence-corrected chi connectivity index (χ1v) is 15.7. The fraction of sp³-hybridized carbons (Fsp3) is 0.515. The number of rotatable bonds is 8. The molecule has 4 saturated heterocycles. The average molecular weight is 631 g/mol. The highest BCUT2D eigenvalue weighted by Gasteiger charge is 2.69. The molecule has 2 aromatic rings. The summed E-state index contributed by atoms with van der Waals surface area (Å²) in [5.74, 6) is -0.440. The minimum absolute atomic E-state index is 0.00103. The molecule has 0 aromatic heterocycles. The first-order valence-electron chi connectivity index (χ1n) is 14.9. The third-order valence-electron chi connectivity index (χ3n) is 9.60. The van der Waals surface area contributed by atoms with Gasteiger partial charge in [0.2, 0.25) is 11.7 Å². The monoisotopic (exact) mass is 629 g/mol. The smallest absolute Gasteiger partial charge is 0.248 e. The molecule has 1 aliphatic carbocycles. The van der Waals surface area contributed by atoms with E-state index < -0.39 is 23.9 Å². The molecular formula is C33H37Cl2NO7. The predicted octanol–water partition coefficient (Wildman–Crippen LogP) is 6.73. The second-order valence-corrected chi connectivity index (χ2v) is 13.2. The Kier molecular flexibility index (Phi) is 8.74. The first-order chi connectivity index (χ1) is 20.6. The normalized spacial score (nSPS) is 34.9. The molecule has 8 atom stereocenters. The molecule has 1 saturated carbocycles. The Morgan fingerprint density at radius 1 is 1.05 bits per heavy atom. The maximum absolute atomic E-state index is 12.9. The lowest BCUT2D eigenvalue weighted by atomic mass is 9.58. The van der Waals surface area contributed by atoms with Gasteiger partial charge in [-0.05, 0) is 67.4 Å². The summed E-state index contributed by atoms with van der Waals surface area (Å²) in [6.45, 7) is 6.34. The number of halogens is 2. The van der Waals surface area contributed by atoms with E-state index in [-0.39, 0.29) is 42.7 Å². The molecule has 4 heterocycles. The Labute approximate surface area is 261 Å². The van der Waals surface area contributed by atoms with Gasteiger partial charge >= 0.3 is 0 Å². The predicted molar refractivity (Wildman–Crippen MR) is 161 cm³/mol. The average Bonchev–Trinajstić information content (AvgIpc) is 3.22. The molecule has 2 aromatic carbocycles. The van der Waals surface area contributed by atoms with Crippen LogP contribution in [0.4, 0.5) is 0 Å². The Hall–Kier alpha value is -2.30. The van der Waals surface area contributed by atoms with Gasteiger partial charge in [-0.15, -0.1) is 0 Å². The zero-order valence-electron chi connectivity index (χ0n) is 24.5. The number of allylic oxidation sites excluding steroid dienone is 1. The fourth-order valence-corrected chi connectivity index (χ4v) is 7.58. The van der Waals surface area contributed by atoms with Crippen LogP contribution in [0.15, 0.2) is 48.5 Å². The molecule has 7 rings (SSSR count). The van der Waals surface area contributed by atoms with Crippen LogP contribution in [-0.4, -0.2) is 42.2 Å². The number of amides is 1. The largest absolute Gasteiger partial charge is 0.367 e. The number of nitrogens with one attached hydrogen (secondary N) is 1. The van der Waals surface area contributed by atoms with Crippen LogP contribution in [0, 0.1) is 23.7 Å². The van der Waals surface area contributed by atoms with Crippen molar-refractivity contribution >= 4 is 41.0 Å². The van der Waals surface area contributed by atoms with Gasteiger partial charge in [-0.2, -0.15) is 0 Å². The summed E-state index contributed by atoms with van der Waals surface area (Å²) in [6.07, 6.45) is 5.69. The molecule has 2 bridgehead atoms. The molecular weight excluding hydrogens is 593 g/mol. The topological polar surface area (TPSA) is 92.3 Å². The van der Waals surface area contributed by atoms with E-state index in [0.29, 0.717) is 27.1 Å². The van der Waals surface area contributed by atoms with Gasteiger partial charge in [0.25, 0.3) is 0 Å². The van der Waals surface area contributed by atoms with E-state index in [4.69, 9.17) is 47.2 Å². The number of benzene rings is 2. The first kappa shape index (κ1) is 30.7. The van der Waals surface area contributed by atoms with Crippen LogP contribution in [0.3, 0.4) is 0 Å². The van der Waals surface area contributed by atoms with Gasteiger partial charge in [-0.25, -0.2) is 9.78 Å². The number of hydrogen-bond donors (Lipinski definition) is 1. The quantitative estimate of drug-likeness (QED) is 0.197. The zero-order valence-corrected chi connectivity index (χ0v) is 26.0. The third kappa shape index (κ3) is 5.91. The Morgan fingerprint density at radius 2 is 1.84 bits per heavy atom. The molecule has 8 nitrogen and oxygen atoms in total. The number of carbonyl (C=O) groups is 2. The van der Waals surface area contributed by atoms with Crippen molar-refractivity contribution in [1.29, 1.82) is 0 Å². The highest BCUT2D eigenvalue weighted by atomic mass is 35.5. The zero-order chi connectivity index (χ0) is 30.4. The summed E-state index contributed by atoms with van der Waals surface area (Å²) in [4.78, 5) is 37.6. The van der Waals surface area contributed by atoms with Crippen molar-refractivity contribution in [3.05, 3.63) is 75.3 Å². The van der Waals surface area contributed by atoms with Crippen LogP contribution in [0.5, 0.6) is 0 Å². The van der Waals surface area contributed by atoms with Crippen molar-refractivity contribution in [2.75, 3.05) is 6.61 Å². The van der Waals surface area contributed by atoms with E-state index >= 15 is 0 Å². The summed E-state index contributed by atoms with van der Waals surface area (Å²) in [5, 5.41) is 3.85. The number of hydrogen-bond acceptors (Lipinski definition) is 7. The summed E-state index contributed by atoms with van der Waals surface area (Å²) in [5.41, 5.74) is 1.36. The number of ether oxygens (including phenoxy) is 3. The van der Waals surface area contributed by atoms with Gasteiger partial charge in [-0.3, -0.25) is 9.59 Å². The van der Waals surface area contributed by atoms with E-state index in [2.05, 4.69) is 19.2 Å². The third-order valence-corrected chi connectivity index (χ3v) is 10.4. The van der Waals surface area contributed by atoms with Crippen molar-refractivity contribution in [3.63, 3.8) is 0 Å². The van der Waals surface area contributed by atoms with E-state index in [1.54, 1.807) is 48.5 Å². The van der Waals surface area contributed by atoms with Crippen LogP contribution in [-0.2, 0) is 35.4 Å². The number of carbonyl (C=O) groups excluding carboxylic acids is 2. The Morgan fingerprint density at radius 3 is 2.63 bits per heavy atom. The number of fused-ring (bicyclic) bond motifs is 2. The molecule has 43 heavy (non-hydrogen) atoms. The molecule has 1 N–H and O–H groups in total. The molecule has 10 heteroatoms. The highest BCUT2D eigenvalue weighted by Crippen LogP contribution is 2.60. The summed E-state index contributed by atoms with van der Waals surface area (Å²) >= 11 is 12.2. The van der Waals surface area contributed by atoms with Crippen LogP contribution >= 0.6 is 23.2 Å². The van der Waals surface area contributed by atoms with Crippen molar-refractivity contribution in [1.82, 2.24) is 5.32 Å². The number of ketones is 1. The second-order valence-electron chi connectivity index (χ2n) is 12.4. The Balaban J connectivity index is 1.02. The molecule has 5 fully saturated rings. The lowest BCUT2D eigenvalue weighted by molar-refractivity contribution is -0.571. The lowest BCUT2D eigenvalue weighted by Crippen LogP contribution is -2.72. The summed E-state index contributed by atoms with van der Waals surface area (Å²) in [6, 6.07) is 12.3. The minimum Gasteiger partial charge on any atom is -0.367 e. The highest BCUT2D eigenvalue weighted by molar-refractivity contribution is 6.42. The van der Waals surface area contributed by atoms with Crippen LogP contribution < -0.4 is 5.32 Å². The second kappa shape index (κ2) is 12.2. The van der Waals surface area contributed by atoms with E-state index in [1.807, 2.05) is 6.92 Å². The molecule has 230 valence electrons. The van der Waals surface area contributed by atoms with E-state index in [0.717, 1.165) is 31.2 Å². The Bertz CT molecular complexity index is 1400. The van der Waals surface area contributed by atoms with Gasteiger partial charge in [0.15, 0.2) is 17.7 Å². The lowest BCUT2D eigenvalue weighted by Gasteiger charge is -2.60. The van der Waals surface area contributed by atoms with Gasteiger partial charge in [0.1, 0.15) is 12.8 Å². The van der Waals surface area contributed by atoms with Crippen LogP contribution in [0.25, 0.3) is 6.08 Å². The maximum atomic E-state index is 12.9. The van der Waals surface area contributed by atoms with Crippen molar-refractivity contribution in [3.8, 4) is 0 Å².